The van der Waals surface area contributed by atoms with Gasteiger partial charge >= 0.3 is 11.7 Å². The Balaban J connectivity index is 2.36. The maximum atomic E-state index is 14.3. The van der Waals surface area contributed by atoms with Crippen molar-refractivity contribution in [1.82, 2.24) is 9.13 Å². The fourth-order valence-corrected chi connectivity index (χ4v) is 5.38. The van der Waals surface area contributed by atoms with Crippen LogP contribution in [0.15, 0.2) is 27.8 Å². The van der Waals surface area contributed by atoms with E-state index in [9.17, 15) is 29.1 Å². The zero-order valence-corrected chi connectivity index (χ0v) is 22.4. The van der Waals surface area contributed by atoms with Crippen molar-refractivity contribution in [3.05, 3.63) is 60.9 Å². The Labute approximate surface area is 217 Å². The van der Waals surface area contributed by atoms with Crippen LogP contribution in [0.25, 0.3) is 10.2 Å². The van der Waals surface area contributed by atoms with Gasteiger partial charge < -0.3 is 14.6 Å². The summed E-state index contributed by atoms with van der Waals surface area (Å²) in [5, 5.41) is 19.3. The third-order valence-corrected chi connectivity index (χ3v) is 7.83. The number of benzene rings is 1. The van der Waals surface area contributed by atoms with E-state index in [2.05, 4.69) is 6.07 Å². The summed E-state index contributed by atoms with van der Waals surface area (Å²) in [6.07, 6.45) is -0.341. The number of rotatable bonds is 10. The lowest BCUT2D eigenvalue weighted by Gasteiger charge is -2.26. The molecule has 0 amide bonds. The van der Waals surface area contributed by atoms with Gasteiger partial charge in [-0.3, -0.25) is 9.36 Å². The lowest BCUT2D eigenvalue weighted by atomic mass is 10.0. The number of ether oxygens (including phenoxy) is 2. The van der Waals surface area contributed by atoms with E-state index in [1.165, 1.54) is 55.1 Å². The number of hydrogen-bond acceptors (Lipinski definition) is 7. The van der Waals surface area contributed by atoms with E-state index in [-0.39, 0.29) is 18.5 Å². The van der Waals surface area contributed by atoms with Crippen LogP contribution in [0.5, 0.6) is 5.75 Å². The van der Waals surface area contributed by atoms with Crippen LogP contribution < -0.4 is 16.0 Å². The summed E-state index contributed by atoms with van der Waals surface area (Å²) < 4.78 is 27.8. The fraction of sp³-hybridized carbons (Fsp3) is 0.462. The predicted octanol–water partition coefficient (Wildman–Crippen LogP) is 3.98. The molecule has 2 heterocycles. The van der Waals surface area contributed by atoms with E-state index < -0.39 is 40.6 Å². The SMILES string of the molecule is CCc1sc2c(c1C)c(=O)n(C(C)(C)C(=O)O)c(=O)n2C[C@H](OCC(C)C#N)c1cc(F)ccc1OC. The summed E-state index contributed by atoms with van der Waals surface area (Å²) in [5.74, 6) is -2.07. The highest BCUT2D eigenvalue weighted by Crippen LogP contribution is 2.33. The number of thiophene rings is 1. The number of nitrogens with zero attached hydrogens (tertiary/aromatic N) is 3. The molecule has 3 rings (SSSR count). The molecule has 1 N–H and O–H groups in total. The first-order chi connectivity index (χ1) is 17.4. The van der Waals surface area contributed by atoms with E-state index in [0.717, 1.165) is 9.44 Å². The molecule has 2 atom stereocenters. The number of nitriles is 1. The quantitative estimate of drug-likeness (QED) is 0.420. The van der Waals surface area contributed by atoms with Gasteiger partial charge in [0, 0.05) is 10.4 Å². The fourth-order valence-electron chi connectivity index (χ4n) is 4.14. The maximum absolute atomic E-state index is 14.3. The first kappa shape index (κ1) is 28.1. The Kier molecular flexibility index (Phi) is 8.25. The Morgan fingerprint density at radius 2 is 2.00 bits per heavy atom. The molecule has 37 heavy (non-hydrogen) atoms. The van der Waals surface area contributed by atoms with Crippen molar-refractivity contribution in [3.8, 4) is 11.8 Å². The van der Waals surface area contributed by atoms with Crippen molar-refractivity contribution in [2.45, 2.75) is 59.2 Å². The number of halogens is 1. The number of aliphatic carboxylic acids is 1. The van der Waals surface area contributed by atoms with E-state index in [4.69, 9.17) is 9.47 Å². The van der Waals surface area contributed by atoms with Crippen molar-refractivity contribution in [1.29, 1.82) is 5.26 Å². The summed E-state index contributed by atoms with van der Waals surface area (Å²) in [4.78, 5) is 40.6. The van der Waals surface area contributed by atoms with E-state index in [1.807, 2.05) is 6.92 Å². The molecule has 3 aromatic rings. The second-order valence-electron chi connectivity index (χ2n) is 9.32. The molecule has 0 bridgehead atoms. The Bertz CT molecular complexity index is 1500. The highest BCUT2D eigenvalue weighted by Gasteiger charge is 2.35. The molecule has 0 aliphatic rings. The zero-order valence-electron chi connectivity index (χ0n) is 21.6. The van der Waals surface area contributed by atoms with E-state index in [0.29, 0.717) is 28.1 Å². The standard InChI is InChI=1S/C26H30FN3O6S/c1-7-20-15(3)21-22(31)30(26(4,5)24(32)33)25(34)29(23(21)37-20)12-19(36-13-14(2)11-28)17-10-16(27)8-9-18(17)35-6/h8-10,14,19H,7,12-13H2,1-6H3,(H,32,33)/t14?,19-/m0/s1. The van der Waals surface area contributed by atoms with Crippen molar-refractivity contribution in [3.63, 3.8) is 0 Å². The van der Waals surface area contributed by atoms with Crippen LogP contribution in [0.1, 0.15) is 49.8 Å². The van der Waals surface area contributed by atoms with Crippen LogP contribution >= 0.6 is 11.3 Å². The average Bonchev–Trinajstić information content (AvgIpc) is 3.19. The van der Waals surface area contributed by atoms with E-state index >= 15 is 0 Å². The summed E-state index contributed by atoms with van der Waals surface area (Å²) in [7, 11) is 1.42. The minimum atomic E-state index is -1.84. The van der Waals surface area contributed by atoms with Gasteiger partial charge in [0.15, 0.2) is 0 Å². The average molecular weight is 532 g/mol. The predicted molar refractivity (Wildman–Crippen MR) is 138 cm³/mol. The lowest BCUT2D eigenvalue weighted by Crippen LogP contribution is -2.52. The summed E-state index contributed by atoms with van der Waals surface area (Å²) >= 11 is 1.27. The molecular weight excluding hydrogens is 501 g/mol. The Hall–Kier alpha value is -3.49. The molecule has 1 aromatic carbocycles. The van der Waals surface area contributed by atoms with Crippen LogP contribution in [0, 0.1) is 30.0 Å². The molecule has 0 radical (unpaired) electrons. The monoisotopic (exact) mass is 531 g/mol. The number of carbonyl (C=O) groups is 1. The minimum absolute atomic E-state index is 0.0112. The Morgan fingerprint density at radius 3 is 2.57 bits per heavy atom. The minimum Gasteiger partial charge on any atom is -0.496 e. The first-order valence-electron chi connectivity index (χ1n) is 11.7. The third-order valence-electron chi connectivity index (χ3n) is 6.37. The molecular formula is C26H30FN3O6S. The largest absolute Gasteiger partial charge is 0.496 e. The van der Waals surface area contributed by atoms with Gasteiger partial charge in [-0.25, -0.2) is 18.5 Å². The second kappa shape index (κ2) is 10.9. The zero-order chi connectivity index (χ0) is 27.7. The van der Waals surface area contributed by atoms with Gasteiger partial charge in [-0.2, -0.15) is 5.26 Å². The second-order valence-corrected chi connectivity index (χ2v) is 10.4. The molecule has 0 saturated heterocycles. The van der Waals surface area contributed by atoms with E-state index in [1.54, 1.807) is 13.8 Å². The lowest BCUT2D eigenvalue weighted by molar-refractivity contribution is -0.146. The van der Waals surface area contributed by atoms with Crippen LogP contribution in [-0.2, 0) is 28.0 Å². The van der Waals surface area contributed by atoms with Gasteiger partial charge in [0.1, 0.15) is 28.0 Å². The summed E-state index contributed by atoms with van der Waals surface area (Å²) in [6.45, 7) is 7.74. The van der Waals surface area contributed by atoms with Crippen LogP contribution in [-0.4, -0.2) is 33.9 Å². The Morgan fingerprint density at radius 1 is 1.32 bits per heavy atom. The van der Waals surface area contributed by atoms with Crippen LogP contribution in [0.2, 0.25) is 0 Å². The molecule has 2 aromatic heterocycles. The van der Waals surface area contributed by atoms with Gasteiger partial charge in [-0.1, -0.05) is 6.92 Å². The summed E-state index contributed by atoms with van der Waals surface area (Å²) in [5.41, 5.74) is -2.36. The number of carboxylic acid groups (broad SMARTS) is 1. The highest BCUT2D eigenvalue weighted by molar-refractivity contribution is 7.18. The molecule has 1 unspecified atom stereocenters. The van der Waals surface area contributed by atoms with Gasteiger partial charge in [0.25, 0.3) is 5.56 Å². The molecule has 0 aliphatic heterocycles. The molecule has 0 aliphatic carbocycles. The first-order valence-corrected chi connectivity index (χ1v) is 12.6. The summed E-state index contributed by atoms with van der Waals surface area (Å²) in [6, 6.07) is 5.98. The van der Waals surface area contributed by atoms with Crippen molar-refractivity contribution < 1.29 is 23.8 Å². The highest BCUT2D eigenvalue weighted by atomic mass is 32.1. The van der Waals surface area contributed by atoms with Gasteiger partial charge in [0.05, 0.1) is 37.6 Å². The molecule has 198 valence electrons. The number of carboxylic acids is 1. The number of fused-ring (bicyclic) bond motifs is 1. The van der Waals surface area contributed by atoms with Crippen molar-refractivity contribution >= 4 is 27.5 Å². The molecule has 0 saturated carbocycles. The molecule has 9 nitrogen and oxygen atoms in total. The normalized spacial score (nSPS) is 13.4. The van der Waals surface area contributed by atoms with Crippen LogP contribution in [0.3, 0.4) is 0 Å². The smallest absolute Gasteiger partial charge is 0.333 e. The number of aryl methyl sites for hydroxylation is 2. The third kappa shape index (κ3) is 5.17. The molecule has 11 heteroatoms. The van der Waals surface area contributed by atoms with Crippen molar-refractivity contribution in [2.24, 2.45) is 5.92 Å². The maximum Gasteiger partial charge on any atom is 0.333 e. The molecule has 0 fully saturated rings. The number of hydrogen-bond donors (Lipinski definition) is 1. The molecule has 0 spiro atoms. The number of aromatic nitrogens is 2. The van der Waals surface area contributed by atoms with Gasteiger partial charge in [0.2, 0.25) is 0 Å². The van der Waals surface area contributed by atoms with Crippen molar-refractivity contribution in [2.75, 3.05) is 13.7 Å². The van der Waals surface area contributed by atoms with Gasteiger partial charge in [-0.05, 0) is 57.9 Å². The topological polar surface area (TPSA) is 124 Å². The van der Waals surface area contributed by atoms with Crippen LogP contribution in [0.4, 0.5) is 4.39 Å². The van der Waals surface area contributed by atoms with Gasteiger partial charge in [-0.15, -0.1) is 11.3 Å². The number of methoxy groups -OCH3 is 1.